The zero-order valence-electron chi connectivity index (χ0n) is 9.63. The van der Waals surface area contributed by atoms with Crippen LogP contribution in [0.2, 0.25) is 0 Å². The number of methoxy groups -OCH3 is 1. The first-order chi connectivity index (χ1) is 7.92. The molecule has 1 saturated carbocycles. The van der Waals surface area contributed by atoms with Crippen LogP contribution < -0.4 is 0 Å². The first-order valence-electron chi connectivity index (χ1n) is 5.81. The van der Waals surface area contributed by atoms with Crippen LogP contribution in [0.25, 0.3) is 0 Å². The van der Waals surface area contributed by atoms with Gasteiger partial charge in [-0.3, -0.25) is 0 Å². The van der Waals surface area contributed by atoms with E-state index >= 15 is 0 Å². The fourth-order valence-corrected chi connectivity index (χ4v) is 2.90. The molecule has 1 fully saturated rings. The Morgan fingerprint density at radius 3 is 2.94 bits per heavy atom. The van der Waals surface area contributed by atoms with Crippen LogP contribution >= 0.6 is 11.8 Å². The highest BCUT2D eigenvalue weighted by Gasteiger charge is 2.19. The number of ether oxygens (including phenoxy) is 1. The fourth-order valence-electron chi connectivity index (χ4n) is 2.05. The van der Waals surface area contributed by atoms with Crippen molar-refractivity contribution in [2.75, 3.05) is 19.5 Å². The molecule has 16 heavy (non-hydrogen) atoms. The molecule has 1 aromatic rings. The van der Waals surface area contributed by atoms with E-state index in [1.807, 2.05) is 4.68 Å². The Morgan fingerprint density at radius 2 is 2.19 bits per heavy atom. The highest BCUT2D eigenvalue weighted by Crippen LogP contribution is 2.29. The molecular weight excluding hydrogens is 224 g/mol. The summed E-state index contributed by atoms with van der Waals surface area (Å²) in [5.74, 6) is 0.906. The van der Waals surface area contributed by atoms with Gasteiger partial charge in [0, 0.05) is 12.9 Å². The molecule has 0 aliphatic heterocycles. The van der Waals surface area contributed by atoms with Gasteiger partial charge in [0.15, 0.2) is 0 Å². The topological polar surface area (TPSA) is 52.8 Å². The van der Waals surface area contributed by atoms with Gasteiger partial charge in [-0.25, -0.2) is 4.68 Å². The van der Waals surface area contributed by atoms with Gasteiger partial charge in [0.2, 0.25) is 5.16 Å². The lowest BCUT2D eigenvalue weighted by atomic mass is 9.96. The zero-order valence-corrected chi connectivity index (χ0v) is 10.4. The van der Waals surface area contributed by atoms with E-state index in [0.717, 1.165) is 17.5 Å². The molecule has 1 aliphatic carbocycles. The number of nitrogens with zero attached hydrogens (tertiary/aromatic N) is 4. The van der Waals surface area contributed by atoms with Crippen molar-refractivity contribution in [2.45, 2.75) is 43.3 Å². The molecule has 2 rings (SSSR count). The van der Waals surface area contributed by atoms with Gasteiger partial charge in [0.1, 0.15) is 0 Å². The van der Waals surface area contributed by atoms with E-state index in [4.69, 9.17) is 4.74 Å². The summed E-state index contributed by atoms with van der Waals surface area (Å²) < 4.78 is 7.03. The average molecular weight is 242 g/mol. The summed E-state index contributed by atoms with van der Waals surface area (Å²) in [5, 5.41) is 12.9. The third-order valence-electron chi connectivity index (χ3n) is 2.90. The van der Waals surface area contributed by atoms with Gasteiger partial charge in [-0.2, -0.15) is 0 Å². The van der Waals surface area contributed by atoms with E-state index in [-0.39, 0.29) is 0 Å². The van der Waals surface area contributed by atoms with Crippen molar-refractivity contribution in [1.82, 2.24) is 20.2 Å². The average Bonchev–Trinajstić information content (AvgIpc) is 2.79. The van der Waals surface area contributed by atoms with E-state index in [1.54, 1.807) is 18.9 Å². The van der Waals surface area contributed by atoms with Crippen molar-refractivity contribution in [2.24, 2.45) is 0 Å². The summed E-state index contributed by atoms with van der Waals surface area (Å²) in [6.07, 6.45) is 6.37. The number of thioether (sulfide) groups is 1. The van der Waals surface area contributed by atoms with Crippen LogP contribution in [0.15, 0.2) is 5.16 Å². The van der Waals surface area contributed by atoms with Gasteiger partial charge in [-0.05, 0) is 23.3 Å². The van der Waals surface area contributed by atoms with Crippen LogP contribution in [0.4, 0.5) is 0 Å². The molecule has 0 bridgehead atoms. The molecule has 0 saturated heterocycles. The lowest BCUT2D eigenvalue weighted by molar-refractivity contribution is 0.218. The van der Waals surface area contributed by atoms with Crippen molar-refractivity contribution in [3.8, 4) is 0 Å². The smallest absolute Gasteiger partial charge is 0.209 e. The van der Waals surface area contributed by atoms with Gasteiger partial charge >= 0.3 is 0 Å². The summed E-state index contributed by atoms with van der Waals surface area (Å²) in [7, 11) is 1.71. The Labute approximate surface area is 99.9 Å². The lowest BCUT2D eigenvalue weighted by Crippen LogP contribution is -2.15. The minimum Gasteiger partial charge on any atom is -0.384 e. The predicted molar refractivity (Wildman–Crippen MR) is 62.5 cm³/mol. The van der Waals surface area contributed by atoms with Crippen molar-refractivity contribution in [1.29, 1.82) is 0 Å². The van der Waals surface area contributed by atoms with Crippen LogP contribution in [-0.2, 0) is 4.74 Å². The second-order valence-electron chi connectivity index (χ2n) is 4.04. The van der Waals surface area contributed by atoms with Crippen LogP contribution in [-0.4, -0.2) is 39.7 Å². The molecule has 0 radical (unpaired) electrons. The van der Waals surface area contributed by atoms with Gasteiger partial charge in [0.25, 0.3) is 0 Å². The molecule has 1 heterocycles. The molecule has 1 aromatic heterocycles. The molecule has 0 atom stereocenters. The zero-order chi connectivity index (χ0) is 11.2. The minimum absolute atomic E-state index is 0.508. The van der Waals surface area contributed by atoms with Gasteiger partial charge in [-0.15, -0.1) is 5.10 Å². The van der Waals surface area contributed by atoms with E-state index in [0.29, 0.717) is 6.04 Å². The van der Waals surface area contributed by atoms with Gasteiger partial charge in [0.05, 0.1) is 12.6 Å². The number of hydrogen-bond donors (Lipinski definition) is 0. The van der Waals surface area contributed by atoms with Crippen LogP contribution in [0.3, 0.4) is 0 Å². The highest BCUT2D eigenvalue weighted by molar-refractivity contribution is 7.99. The Hall–Kier alpha value is -0.620. The molecule has 90 valence electrons. The third-order valence-corrected chi connectivity index (χ3v) is 3.80. The first kappa shape index (κ1) is 11.9. The highest BCUT2D eigenvalue weighted by atomic mass is 32.2. The van der Waals surface area contributed by atoms with Crippen molar-refractivity contribution >= 4 is 11.8 Å². The Kier molecular flexibility index (Phi) is 4.59. The van der Waals surface area contributed by atoms with E-state index in [2.05, 4.69) is 15.5 Å². The molecule has 0 amide bonds. The maximum absolute atomic E-state index is 5.03. The normalized spacial score (nSPS) is 17.8. The summed E-state index contributed by atoms with van der Waals surface area (Å²) in [4.78, 5) is 0. The van der Waals surface area contributed by atoms with E-state index < -0.39 is 0 Å². The monoisotopic (exact) mass is 242 g/mol. The first-order valence-corrected chi connectivity index (χ1v) is 6.80. The van der Waals surface area contributed by atoms with Crippen molar-refractivity contribution in [3.05, 3.63) is 0 Å². The summed E-state index contributed by atoms with van der Waals surface area (Å²) >= 11 is 1.67. The molecular formula is C10H18N4OS. The van der Waals surface area contributed by atoms with Crippen molar-refractivity contribution in [3.63, 3.8) is 0 Å². The Bertz CT molecular complexity index is 312. The molecule has 1 aliphatic rings. The maximum atomic E-state index is 5.03. The van der Waals surface area contributed by atoms with Crippen LogP contribution in [0.1, 0.15) is 38.1 Å². The third kappa shape index (κ3) is 2.95. The van der Waals surface area contributed by atoms with E-state index in [9.17, 15) is 0 Å². The standard InChI is InChI=1S/C10H18N4OS/c1-15-7-8-16-10-11-12-13-14(10)9-5-3-2-4-6-9/h9H,2-8H2,1H3. The van der Waals surface area contributed by atoms with Gasteiger partial charge in [-0.1, -0.05) is 31.0 Å². The molecule has 0 unspecified atom stereocenters. The predicted octanol–water partition coefficient (Wildman–Crippen LogP) is 1.92. The minimum atomic E-state index is 0.508. The van der Waals surface area contributed by atoms with Crippen LogP contribution in [0, 0.1) is 0 Å². The molecule has 0 spiro atoms. The second kappa shape index (κ2) is 6.20. The summed E-state index contributed by atoms with van der Waals surface area (Å²) in [6, 6.07) is 0.508. The maximum Gasteiger partial charge on any atom is 0.209 e. The largest absolute Gasteiger partial charge is 0.384 e. The summed E-state index contributed by atoms with van der Waals surface area (Å²) in [5.41, 5.74) is 0. The Morgan fingerprint density at radius 1 is 1.38 bits per heavy atom. The number of rotatable bonds is 5. The molecule has 6 heteroatoms. The quantitative estimate of drug-likeness (QED) is 0.583. The lowest BCUT2D eigenvalue weighted by Gasteiger charge is -2.21. The SMILES string of the molecule is COCCSc1nnnn1C1CCCCC1. The number of hydrogen-bond acceptors (Lipinski definition) is 5. The molecule has 0 N–H and O–H groups in total. The molecule has 5 nitrogen and oxygen atoms in total. The van der Waals surface area contributed by atoms with Gasteiger partial charge < -0.3 is 4.74 Å². The number of tetrazole rings is 1. The van der Waals surface area contributed by atoms with E-state index in [1.165, 1.54) is 32.1 Å². The number of aromatic nitrogens is 4. The van der Waals surface area contributed by atoms with Crippen molar-refractivity contribution < 1.29 is 4.74 Å². The molecule has 0 aromatic carbocycles. The Balaban J connectivity index is 1.94. The summed E-state index contributed by atoms with van der Waals surface area (Å²) in [6.45, 7) is 0.738. The van der Waals surface area contributed by atoms with Crippen LogP contribution in [0.5, 0.6) is 0 Å². The fraction of sp³-hybridized carbons (Fsp3) is 0.900. The second-order valence-corrected chi connectivity index (χ2v) is 5.10.